The summed E-state index contributed by atoms with van der Waals surface area (Å²) in [6, 6.07) is 14.7. The predicted molar refractivity (Wildman–Crippen MR) is 102 cm³/mol. The number of carboxylic acid groups (broad SMARTS) is 1. The monoisotopic (exact) mass is 340 g/mol. The largest absolute Gasteiger partial charge is 0.478 e. The lowest BCUT2D eigenvalue weighted by Gasteiger charge is -2.12. The van der Waals surface area contributed by atoms with Gasteiger partial charge in [-0.15, -0.1) is 0 Å². The van der Waals surface area contributed by atoms with Gasteiger partial charge >= 0.3 is 5.97 Å². The summed E-state index contributed by atoms with van der Waals surface area (Å²) in [7, 11) is 0. The summed E-state index contributed by atoms with van der Waals surface area (Å²) in [5.74, 6) is 0.171. The Morgan fingerprint density at radius 2 is 1.44 bits per heavy atom. The molecular weight excluding hydrogens is 312 g/mol. The van der Waals surface area contributed by atoms with Crippen molar-refractivity contribution in [3.05, 3.63) is 59.7 Å². The number of para-hydroxylation sites is 2. The molecule has 0 aliphatic heterocycles. The molecule has 0 heterocycles. The van der Waals surface area contributed by atoms with Crippen molar-refractivity contribution in [3.63, 3.8) is 0 Å². The lowest BCUT2D eigenvalue weighted by Crippen LogP contribution is -2.00. The molecule has 0 spiro atoms. The molecule has 2 aromatic rings. The minimum absolute atomic E-state index is 0.188. The third kappa shape index (κ3) is 6.26. The van der Waals surface area contributed by atoms with Gasteiger partial charge in [-0.05, 0) is 36.6 Å². The molecule has 25 heavy (non-hydrogen) atoms. The molecule has 2 aromatic carbocycles. The Labute approximate surface area is 150 Å². The lowest BCUT2D eigenvalue weighted by atomic mass is 10.0. The fourth-order valence-corrected chi connectivity index (χ4v) is 2.93. The molecule has 1 N–H and O–H groups in total. The van der Waals surface area contributed by atoms with Crippen LogP contribution in [0.5, 0.6) is 11.5 Å². The van der Waals surface area contributed by atoms with Gasteiger partial charge in [0.1, 0.15) is 17.1 Å². The van der Waals surface area contributed by atoms with Crippen LogP contribution in [-0.2, 0) is 6.42 Å². The number of benzene rings is 2. The molecule has 0 saturated carbocycles. The highest BCUT2D eigenvalue weighted by atomic mass is 16.5. The Hall–Kier alpha value is -2.29. The number of rotatable bonds is 11. The molecular formula is C22H28O3. The van der Waals surface area contributed by atoms with Crippen LogP contribution < -0.4 is 4.74 Å². The third-order valence-electron chi connectivity index (χ3n) is 4.36. The smallest absolute Gasteiger partial charge is 0.339 e. The summed E-state index contributed by atoms with van der Waals surface area (Å²) >= 11 is 0. The van der Waals surface area contributed by atoms with Crippen molar-refractivity contribution in [2.24, 2.45) is 0 Å². The van der Waals surface area contributed by atoms with E-state index in [0.29, 0.717) is 5.75 Å². The van der Waals surface area contributed by atoms with Gasteiger partial charge in [0.15, 0.2) is 0 Å². The van der Waals surface area contributed by atoms with E-state index in [4.69, 9.17) is 4.74 Å². The van der Waals surface area contributed by atoms with E-state index in [1.54, 1.807) is 24.3 Å². The van der Waals surface area contributed by atoms with Crippen molar-refractivity contribution >= 4 is 5.97 Å². The van der Waals surface area contributed by atoms with Crippen LogP contribution in [0, 0.1) is 0 Å². The van der Waals surface area contributed by atoms with Gasteiger partial charge in [-0.3, -0.25) is 0 Å². The third-order valence-corrected chi connectivity index (χ3v) is 4.36. The zero-order valence-corrected chi connectivity index (χ0v) is 15.0. The SMILES string of the molecule is CCCCCCCCCc1ccccc1Oc1ccccc1C(=O)O. The molecule has 0 fully saturated rings. The molecule has 0 radical (unpaired) electrons. The number of unbranched alkanes of at least 4 members (excludes halogenated alkanes) is 6. The number of ether oxygens (including phenoxy) is 1. The Balaban J connectivity index is 1.93. The summed E-state index contributed by atoms with van der Waals surface area (Å²) in [4.78, 5) is 11.3. The van der Waals surface area contributed by atoms with E-state index < -0.39 is 5.97 Å². The van der Waals surface area contributed by atoms with E-state index in [1.807, 2.05) is 18.2 Å². The van der Waals surface area contributed by atoms with E-state index in [9.17, 15) is 9.90 Å². The van der Waals surface area contributed by atoms with Crippen LogP contribution >= 0.6 is 0 Å². The number of aryl methyl sites for hydroxylation is 1. The molecule has 0 saturated heterocycles. The van der Waals surface area contributed by atoms with Gasteiger partial charge in [0.05, 0.1) is 0 Å². The topological polar surface area (TPSA) is 46.5 Å². The highest BCUT2D eigenvalue weighted by Crippen LogP contribution is 2.29. The highest BCUT2D eigenvalue weighted by molar-refractivity contribution is 5.90. The second kappa shape index (κ2) is 10.5. The maximum Gasteiger partial charge on any atom is 0.339 e. The van der Waals surface area contributed by atoms with Gasteiger partial charge in [0.25, 0.3) is 0 Å². The van der Waals surface area contributed by atoms with Crippen LogP contribution in [0.15, 0.2) is 48.5 Å². The Morgan fingerprint density at radius 1 is 0.840 bits per heavy atom. The Bertz CT molecular complexity index is 664. The van der Waals surface area contributed by atoms with Gasteiger partial charge in [-0.25, -0.2) is 4.79 Å². The first-order chi connectivity index (χ1) is 12.2. The van der Waals surface area contributed by atoms with Gasteiger partial charge in [-0.1, -0.05) is 75.8 Å². The molecule has 0 unspecified atom stereocenters. The second-order valence-electron chi connectivity index (χ2n) is 6.38. The quantitative estimate of drug-likeness (QED) is 0.477. The molecule has 0 atom stereocenters. The first-order valence-electron chi connectivity index (χ1n) is 9.30. The summed E-state index contributed by atoms with van der Waals surface area (Å²) in [5, 5.41) is 9.29. The number of hydrogen-bond acceptors (Lipinski definition) is 2. The number of carboxylic acids is 1. The lowest BCUT2D eigenvalue weighted by molar-refractivity contribution is 0.0694. The molecule has 134 valence electrons. The number of aromatic carboxylic acids is 1. The second-order valence-corrected chi connectivity index (χ2v) is 6.38. The minimum atomic E-state index is -0.972. The highest BCUT2D eigenvalue weighted by Gasteiger charge is 2.12. The Kier molecular flexibility index (Phi) is 8.03. The van der Waals surface area contributed by atoms with Crippen LogP contribution in [-0.4, -0.2) is 11.1 Å². The summed E-state index contributed by atoms with van der Waals surface area (Å²) in [6.07, 6.45) is 9.86. The van der Waals surface area contributed by atoms with Crippen LogP contribution in [0.2, 0.25) is 0 Å². The molecule has 0 aliphatic carbocycles. The fourth-order valence-electron chi connectivity index (χ4n) is 2.93. The average Bonchev–Trinajstić information content (AvgIpc) is 2.62. The van der Waals surface area contributed by atoms with Gasteiger partial charge in [-0.2, -0.15) is 0 Å². The zero-order valence-electron chi connectivity index (χ0n) is 15.0. The maximum atomic E-state index is 11.3. The number of hydrogen-bond donors (Lipinski definition) is 1. The molecule has 0 bridgehead atoms. The normalized spacial score (nSPS) is 10.6. The molecule has 2 rings (SSSR count). The molecule has 3 nitrogen and oxygen atoms in total. The molecule has 0 aromatic heterocycles. The van der Waals surface area contributed by atoms with E-state index in [-0.39, 0.29) is 5.56 Å². The van der Waals surface area contributed by atoms with Crippen molar-refractivity contribution in [1.29, 1.82) is 0 Å². The standard InChI is InChI=1S/C22H28O3/c1-2-3-4-5-6-7-8-13-18-14-9-11-16-20(18)25-21-17-12-10-15-19(21)22(23)24/h9-12,14-17H,2-8,13H2,1H3,(H,23,24). The van der Waals surface area contributed by atoms with Gasteiger partial charge in [0.2, 0.25) is 0 Å². The summed E-state index contributed by atoms with van der Waals surface area (Å²) < 4.78 is 5.93. The van der Waals surface area contributed by atoms with Gasteiger partial charge < -0.3 is 9.84 Å². The molecule has 0 amide bonds. The first-order valence-corrected chi connectivity index (χ1v) is 9.30. The van der Waals surface area contributed by atoms with Crippen LogP contribution in [0.4, 0.5) is 0 Å². The molecule has 0 aliphatic rings. The Morgan fingerprint density at radius 3 is 2.16 bits per heavy atom. The van der Waals surface area contributed by atoms with E-state index in [1.165, 1.54) is 38.5 Å². The van der Waals surface area contributed by atoms with Crippen molar-refractivity contribution in [3.8, 4) is 11.5 Å². The van der Waals surface area contributed by atoms with Crippen LogP contribution in [0.25, 0.3) is 0 Å². The van der Waals surface area contributed by atoms with Crippen molar-refractivity contribution in [2.75, 3.05) is 0 Å². The predicted octanol–water partition coefficient (Wildman–Crippen LogP) is 6.47. The minimum Gasteiger partial charge on any atom is -0.478 e. The fraction of sp³-hybridized carbons (Fsp3) is 0.409. The zero-order chi connectivity index (χ0) is 17.9. The van der Waals surface area contributed by atoms with E-state index in [2.05, 4.69) is 13.0 Å². The molecule has 3 heteroatoms. The van der Waals surface area contributed by atoms with Crippen molar-refractivity contribution in [2.45, 2.75) is 58.3 Å². The van der Waals surface area contributed by atoms with Crippen molar-refractivity contribution in [1.82, 2.24) is 0 Å². The number of carbonyl (C=O) groups is 1. The summed E-state index contributed by atoms with van der Waals surface area (Å²) in [5.41, 5.74) is 1.32. The van der Waals surface area contributed by atoms with E-state index in [0.717, 1.165) is 24.2 Å². The average molecular weight is 340 g/mol. The first kappa shape index (κ1) is 19.0. The van der Waals surface area contributed by atoms with Crippen LogP contribution in [0.1, 0.15) is 67.8 Å². The van der Waals surface area contributed by atoms with Crippen LogP contribution in [0.3, 0.4) is 0 Å². The maximum absolute atomic E-state index is 11.3. The van der Waals surface area contributed by atoms with Gasteiger partial charge in [0, 0.05) is 0 Å². The summed E-state index contributed by atoms with van der Waals surface area (Å²) in [6.45, 7) is 2.24. The van der Waals surface area contributed by atoms with E-state index >= 15 is 0 Å². The van der Waals surface area contributed by atoms with Crippen molar-refractivity contribution < 1.29 is 14.6 Å².